The van der Waals surface area contributed by atoms with Crippen molar-refractivity contribution in [3.63, 3.8) is 0 Å². The fraction of sp³-hybridized carbons (Fsp3) is 0.143. The van der Waals surface area contributed by atoms with Gasteiger partial charge in [-0.2, -0.15) is 0 Å². The summed E-state index contributed by atoms with van der Waals surface area (Å²) in [5, 5.41) is 4.55. The average molecular weight is 333 g/mol. The van der Waals surface area contributed by atoms with E-state index in [1.54, 1.807) is 19.1 Å². The van der Waals surface area contributed by atoms with Gasteiger partial charge in [-0.05, 0) is 29.3 Å². The Hall–Kier alpha value is -3.14. The summed E-state index contributed by atoms with van der Waals surface area (Å²) in [6.45, 7) is 1.97. The highest BCUT2D eigenvalue weighted by atomic mass is 16.5. The molecule has 3 rings (SSSR count). The maximum atomic E-state index is 12.4. The molecule has 0 heterocycles. The summed E-state index contributed by atoms with van der Waals surface area (Å²) in [6, 6.07) is 22.6. The highest BCUT2D eigenvalue weighted by Crippen LogP contribution is 2.19. The molecule has 1 N–H and O–H groups in total. The molecule has 0 fully saturated rings. The number of nitrogens with one attached hydrogen (secondary N) is 1. The molecule has 3 aromatic rings. The second-order valence-corrected chi connectivity index (χ2v) is 5.78. The fourth-order valence-corrected chi connectivity index (χ4v) is 2.61. The van der Waals surface area contributed by atoms with Crippen molar-refractivity contribution < 1.29 is 14.3 Å². The zero-order chi connectivity index (χ0) is 17.6. The van der Waals surface area contributed by atoms with Gasteiger partial charge in [0.15, 0.2) is 6.10 Å². The van der Waals surface area contributed by atoms with Gasteiger partial charge in [-0.25, -0.2) is 4.79 Å². The highest BCUT2D eigenvalue weighted by Gasteiger charge is 2.19. The Morgan fingerprint density at radius 2 is 1.60 bits per heavy atom. The van der Waals surface area contributed by atoms with E-state index < -0.39 is 12.1 Å². The lowest BCUT2D eigenvalue weighted by atomic mass is 10.0. The largest absolute Gasteiger partial charge is 0.449 e. The molecule has 0 saturated carbocycles. The van der Waals surface area contributed by atoms with Crippen LogP contribution < -0.4 is 5.32 Å². The molecular formula is C21H19NO3. The first-order valence-corrected chi connectivity index (χ1v) is 8.15. The lowest BCUT2D eigenvalue weighted by Gasteiger charge is -2.14. The van der Waals surface area contributed by atoms with Crippen LogP contribution in [0.3, 0.4) is 0 Å². The second kappa shape index (κ2) is 7.62. The van der Waals surface area contributed by atoms with Crippen molar-refractivity contribution in [1.82, 2.24) is 5.32 Å². The molecule has 0 aromatic heterocycles. The van der Waals surface area contributed by atoms with E-state index in [4.69, 9.17) is 4.74 Å². The van der Waals surface area contributed by atoms with Crippen LogP contribution in [0.25, 0.3) is 10.8 Å². The SMILES string of the molecule is CC(OC(=O)c1cccc2ccccc12)C(=O)NCc1ccccc1. The molecule has 0 aliphatic carbocycles. The summed E-state index contributed by atoms with van der Waals surface area (Å²) in [4.78, 5) is 24.6. The Morgan fingerprint density at radius 3 is 2.40 bits per heavy atom. The Bertz CT molecular complexity index is 885. The van der Waals surface area contributed by atoms with Crippen LogP contribution in [0.1, 0.15) is 22.8 Å². The molecule has 0 spiro atoms. The maximum absolute atomic E-state index is 12.4. The first kappa shape index (κ1) is 16.7. The summed E-state index contributed by atoms with van der Waals surface area (Å²) in [6.07, 6.45) is -0.866. The molecule has 1 unspecified atom stereocenters. The quantitative estimate of drug-likeness (QED) is 0.724. The van der Waals surface area contributed by atoms with E-state index >= 15 is 0 Å². The van der Waals surface area contributed by atoms with E-state index in [1.807, 2.05) is 60.7 Å². The molecular weight excluding hydrogens is 314 g/mol. The molecule has 0 aliphatic heterocycles. The summed E-state index contributed by atoms with van der Waals surface area (Å²) >= 11 is 0. The number of carbonyl (C=O) groups is 2. The number of hydrogen-bond acceptors (Lipinski definition) is 3. The zero-order valence-corrected chi connectivity index (χ0v) is 13.9. The van der Waals surface area contributed by atoms with Crippen molar-refractivity contribution in [3.05, 3.63) is 83.9 Å². The van der Waals surface area contributed by atoms with Gasteiger partial charge in [-0.3, -0.25) is 4.79 Å². The first-order valence-electron chi connectivity index (χ1n) is 8.15. The van der Waals surface area contributed by atoms with Crippen LogP contribution in [0.2, 0.25) is 0 Å². The van der Waals surface area contributed by atoms with Crippen molar-refractivity contribution in [2.24, 2.45) is 0 Å². The maximum Gasteiger partial charge on any atom is 0.339 e. The fourth-order valence-electron chi connectivity index (χ4n) is 2.61. The van der Waals surface area contributed by atoms with E-state index in [0.717, 1.165) is 16.3 Å². The lowest BCUT2D eigenvalue weighted by molar-refractivity contribution is -0.129. The lowest BCUT2D eigenvalue weighted by Crippen LogP contribution is -2.35. The van der Waals surface area contributed by atoms with Crippen molar-refractivity contribution in [3.8, 4) is 0 Å². The van der Waals surface area contributed by atoms with Crippen LogP contribution in [0.15, 0.2) is 72.8 Å². The van der Waals surface area contributed by atoms with Crippen LogP contribution >= 0.6 is 0 Å². The molecule has 3 aromatic carbocycles. The van der Waals surface area contributed by atoms with Crippen LogP contribution in [0, 0.1) is 0 Å². The van der Waals surface area contributed by atoms with E-state index in [0.29, 0.717) is 12.1 Å². The Balaban J connectivity index is 1.64. The van der Waals surface area contributed by atoms with Gasteiger partial charge in [0.2, 0.25) is 0 Å². The van der Waals surface area contributed by atoms with Gasteiger partial charge < -0.3 is 10.1 Å². The van der Waals surface area contributed by atoms with Crippen molar-refractivity contribution >= 4 is 22.6 Å². The molecule has 4 nitrogen and oxygen atoms in total. The van der Waals surface area contributed by atoms with Crippen molar-refractivity contribution in [2.45, 2.75) is 19.6 Å². The topological polar surface area (TPSA) is 55.4 Å². The molecule has 0 aliphatic rings. The molecule has 126 valence electrons. The molecule has 25 heavy (non-hydrogen) atoms. The Labute approximate surface area is 146 Å². The third-order valence-electron chi connectivity index (χ3n) is 3.97. The number of carbonyl (C=O) groups excluding carboxylic acids is 2. The van der Waals surface area contributed by atoms with Crippen LogP contribution in [0.4, 0.5) is 0 Å². The number of rotatable bonds is 5. The minimum atomic E-state index is -0.866. The third-order valence-corrected chi connectivity index (χ3v) is 3.97. The van der Waals surface area contributed by atoms with Gasteiger partial charge in [0.05, 0.1) is 5.56 Å². The van der Waals surface area contributed by atoms with E-state index in [2.05, 4.69) is 5.32 Å². The van der Waals surface area contributed by atoms with E-state index in [-0.39, 0.29) is 5.91 Å². The number of ether oxygens (including phenoxy) is 1. The summed E-state index contributed by atoms with van der Waals surface area (Å²) in [5.41, 5.74) is 1.45. The summed E-state index contributed by atoms with van der Waals surface area (Å²) < 4.78 is 5.34. The van der Waals surface area contributed by atoms with E-state index in [9.17, 15) is 9.59 Å². The molecule has 4 heteroatoms. The van der Waals surface area contributed by atoms with Crippen molar-refractivity contribution in [1.29, 1.82) is 0 Å². The smallest absolute Gasteiger partial charge is 0.339 e. The predicted molar refractivity (Wildman–Crippen MR) is 97.1 cm³/mol. The summed E-state index contributed by atoms with van der Waals surface area (Å²) in [7, 11) is 0. The number of amides is 1. The molecule has 1 atom stereocenters. The second-order valence-electron chi connectivity index (χ2n) is 5.78. The Morgan fingerprint density at radius 1 is 0.920 bits per heavy atom. The third kappa shape index (κ3) is 4.04. The zero-order valence-electron chi connectivity index (χ0n) is 13.9. The monoisotopic (exact) mass is 333 g/mol. The van der Waals surface area contributed by atoms with Gasteiger partial charge in [0.1, 0.15) is 0 Å². The molecule has 0 radical (unpaired) electrons. The highest BCUT2D eigenvalue weighted by molar-refractivity contribution is 6.05. The van der Waals surface area contributed by atoms with Gasteiger partial charge in [0, 0.05) is 6.54 Å². The average Bonchev–Trinajstić information content (AvgIpc) is 2.66. The minimum Gasteiger partial charge on any atom is -0.449 e. The van der Waals surface area contributed by atoms with Gasteiger partial charge in [0.25, 0.3) is 5.91 Å². The number of esters is 1. The number of fused-ring (bicyclic) bond motifs is 1. The van der Waals surface area contributed by atoms with Crippen LogP contribution in [-0.4, -0.2) is 18.0 Å². The first-order chi connectivity index (χ1) is 12.1. The summed E-state index contributed by atoms with van der Waals surface area (Å²) in [5.74, 6) is -0.823. The van der Waals surface area contributed by atoms with Crippen LogP contribution in [0.5, 0.6) is 0 Å². The van der Waals surface area contributed by atoms with Crippen molar-refractivity contribution in [2.75, 3.05) is 0 Å². The van der Waals surface area contributed by atoms with E-state index in [1.165, 1.54) is 0 Å². The standard InChI is InChI=1S/C21H19NO3/c1-15(20(23)22-14-16-8-3-2-4-9-16)25-21(24)19-13-7-11-17-10-5-6-12-18(17)19/h2-13,15H,14H2,1H3,(H,22,23). The van der Waals surface area contributed by atoms with Gasteiger partial charge in [-0.15, -0.1) is 0 Å². The molecule has 0 saturated heterocycles. The minimum absolute atomic E-state index is 0.322. The number of benzene rings is 3. The normalized spacial score (nSPS) is 11.7. The van der Waals surface area contributed by atoms with Crippen LogP contribution in [-0.2, 0) is 16.1 Å². The molecule has 1 amide bonds. The molecule has 0 bridgehead atoms. The number of hydrogen-bond donors (Lipinski definition) is 1. The Kier molecular flexibility index (Phi) is 5.09. The predicted octanol–water partition coefficient (Wildman–Crippen LogP) is 3.70. The van der Waals surface area contributed by atoms with Gasteiger partial charge >= 0.3 is 5.97 Å². The van der Waals surface area contributed by atoms with Gasteiger partial charge in [-0.1, -0.05) is 66.7 Å².